The number of aromatic carboxylic acids is 1. The van der Waals surface area contributed by atoms with Gasteiger partial charge in [0.2, 0.25) is 0 Å². The van der Waals surface area contributed by atoms with Crippen LogP contribution in [0.1, 0.15) is 22.3 Å². The first kappa shape index (κ1) is 14.7. The monoisotopic (exact) mass is 285 g/mol. The zero-order valence-corrected chi connectivity index (χ0v) is 11.2. The number of carbonyl (C=O) groups is 1. The maximum Gasteiger partial charge on any atom is 0.335 e. The van der Waals surface area contributed by atoms with Crippen LogP contribution in [-0.2, 0) is 0 Å². The summed E-state index contributed by atoms with van der Waals surface area (Å²) in [7, 11) is 0. The van der Waals surface area contributed by atoms with Crippen LogP contribution in [0.5, 0.6) is 5.75 Å². The van der Waals surface area contributed by atoms with Crippen molar-refractivity contribution < 1.29 is 23.4 Å². The number of nitrogens with zero attached hydrogens (tertiary/aromatic N) is 1. The molecule has 2 rings (SSSR count). The van der Waals surface area contributed by atoms with Gasteiger partial charge in [-0.3, -0.25) is 4.90 Å². The summed E-state index contributed by atoms with van der Waals surface area (Å²) in [5, 5.41) is 8.85. The highest BCUT2D eigenvalue weighted by Crippen LogP contribution is 2.26. The second kappa shape index (κ2) is 5.75. The Hall–Kier alpha value is -1.69. The van der Waals surface area contributed by atoms with Gasteiger partial charge in [-0.25, -0.2) is 13.6 Å². The highest BCUT2D eigenvalue weighted by Gasteiger charge is 2.37. The molecule has 4 nitrogen and oxygen atoms in total. The van der Waals surface area contributed by atoms with Crippen molar-refractivity contribution in [3.05, 3.63) is 29.3 Å². The number of benzene rings is 1. The Balaban J connectivity index is 1.84. The quantitative estimate of drug-likeness (QED) is 0.902. The zero-order chi connectivity index (χ0) is 14.8. The van der Waals surface area contributed by atoms with Gasteiger partial charge in [-0.05, 0) is 30.7 Å². The SMILES string of the molecule is Cc1cc(C(=O)O)ccc1OCCN1CCC(F)(F)C1. The van der Waals surface area contributed by atoms with Crippen LogP contribution >= 0.6 is 0 Å². The molecule has 0 spiro atoms. The lowest BCUT2D eigenvalue weighted by atomic mass is 10.1. The fourth-order valence-electron chi connectivity index (χ4n) is 2.23. The molecule has 1 aliphatic rings. The largest absolute Gasteiger partial charge is 0.492 e. The lowest BCUT2D eigenvalue weighted by Gasteiger charge is -2.16. The first-order valence-electron chi connectivity index (χ1n) is 6.44. The normalized spacial score (nSPS) is 18.1. The number of halogens is 2. The molecular weight excluding hydrogens is 268 g/mol. The first-order chi connectivity index (χ1) is 9.37. The Kier molecular flexibility index (Phi) is 4.23. The molecule has 1 aromatic carbocycles. The molecule has 1 saturated heterocycles. The van der Waals surface area contributed by atoms with Crippen molar-refractivity contribution in [1.82, 2.24) is 4.90 Å². The Labute approximate surface area is 116 Å². The molecule has 6 heteroatoms. The van der Waals surface area contributed by atoms with Gasteiger partial charge in [0.25, 0.3) is 5.92 Å². The van der Waals surface area contributed by atoms with Crippen molar-refractivity contribution in [3.63, 3.8) is 0 Å². The lowest BCUT2D eigenvalue weighted by molar-refractivity contribution is 0.0112. The zero-order valence-electron chi connectivity index (χ0n) is 11.2. The van der Waals surface area contributed by atoms with Crippen molar-refractivity contribution in [2.75, 3.05) is 26.2 Å². The molecular formula is C14H17F2NO3. The number of aryl methyl sites for hydroxylation is 1. The number of carboxylic acids is 1. The average molecular weight is 285 g/mol. The second-order valence-corrected chi connectivity index (χ2v) is 5.02. The van der Waals surface area contributed by atoms with Gasteiger partial charge in [0.05, 0.1) is 12.1 Å². The van der Waals surface area contributed by atoms with Gasteiger partial charge in [-0.15, -0.1) is 0 Å². The third-order valence-corrected chi connectivity index (χ3v) is 3.34. The van der Waals surface area contributed by atoms with Crippen molar-refractivity contribution in [2.24, 2.45) is 0 Å². The molecule has 0 saturated carbocycles. The molecule has 20 heavy (non-hydrogen) atoms. The van der Waals surface area contributed by atoms with Gasteiger partial charge in [0.1, 0.15) is 12.4 Å². The molecule has 0 bridgehead atoms. The van der Waals surface area contributed by atoms with Gasteiger partial charge in [-0.1, -0.05) is 0 Å². The summed E-state index contributed by atoms with van der Waals surface area (Å²) in [4.78, 5) is 12.5. The van der Waals surface area contributed by atoms with Crippen LogP contribution in [0.2, 0.25) is 0 Å². The summed E-state index contributed by atoms with van der Waals surface area (Å²) in [6.07, 6.45) is -0.0979. The van der Waals surface area contributed by atoms with Crippen LogP contribution in [0.4, 0.5) is 8.78 Å². The van der Waals surface area contributed by atoms with Crippen LogP contribution in [-0.4, -0.2) is 48.1 Å². The maximum atomic E-state index is 13.0. The van der Waals surface area contributed by atoms with Gasteiger partial charge < -0.3 is 9.84 Å². The number of hydrogen-bond donors (Lipinski definition) is 1. The highest BCUT2D eigenvalue weighted by molar-refractivity contribution is 5.88. The minimum Gasteiger partial charge on any atom is -0.492 e. The third kappa shape index (κ3) is 3.66. The van der Waals surface area contributed by atoms with Gasteiger partial charge in [0.15, 0.2) is 0 Å². The molecule has 1 fully saturated rings. The van der Waals surface area contributed by atoms with Gasteiger partial charge in [-0.2, -0.15) is 0 Å². The van der Waals surface area contributed by atoms with E-state index in [9.17, 15) is 13.6 Å². The smallest absolute Gasteiger partial charge is 0.335 e. The molecule has 1 aromatic rings. The van der Waals surface area contributed by atoms with E-state index < -0.39 is 11.9 Å². The molecule has 0 atom stereocenters. The van der Waals surface area contributed by atoms with E-state index in [1.54, 1.807) is 17.9 Å². The highest BCUT2D eigenvalue weighted by atomic mass is 19.3. The van der Waals surface area contributed by atoms with Crippen LogP contribution in [0.3, 0.4) is 0 Å². The minimum atomic E-state index is -2.58. The van der Waals surface area contributed by atoms with Crippen molar-refractivity contribution >= 4 is 5.97 Å². The fourth-order valence-corrected chi connectivity index (χ4v) is 2.23. The van der Waals surface area contributed by atoms with Crippen LogP contribution in [0.25, 0.3) is 0 Å². The Morgan fingerprint density at radius 3 is 2.80 bits per heavy atom. The third-order valence-electron chi connectivity index (χ3n) is 3.34. The van der Waals surface area contributed by atoms with E-state index in [0.717, 1.165) is 5.56 Å². The van der Waals surface area contributed by atoms with Crippen LogP contribution in [0.15, 0.2) is 18.2 Å². The average Bonchev–Trinajstić information content (AvgIpc) is 2.70. The van der Waals surface area contributed by atoms with E-state index in [-0.39, 0.29) is 18.5 Å². The summed E-state index contributed by atoms with van der Waals surface area (Å²) in [6.45, 7) is 2.67. The molecule has 0 aromatic heterocycles. The number of carboxylic acid groups (broad SMARTS) is 1. The second-order valence-electron chi connectivity index (χ2n) is 5.02. The van der Waals surface area contributed by atoms with E-state index in [0.29, 0.717) is 25.4 Å². The van der Waals surface area contributed by atoms with Crippen LogP contribution in [0, 0.1) is 6.92 Å². The molecule has 0 amide bonds. The molecule has 0 unspecified atom stereocenters. The minimum absolute atomic E-state index is 0.0979. The first-order valence-corrected chi connectivity index (χ1v) is 6.44. The summed E-state index contributed by atoms with van der Waals surface area (Å²) in [5.74, 6) is -2.99. The Bertz CT molecular complexity index is 505. The fraction of sp³-hybridized carbons (Fsp3) is 0.500. The predicted molar refractivity (Wildman–Crippen MR) is 69.6 cm³/mol. The maximum absolute atomic E-state index is 13.0. The molecule has 0 aliphatic carbocycles. The van der Waals surface area contributed by atoms with Gasteiger partial charge in [0, 0.05) is 19.5 Å². The lowest BCUT2D eigenvalue weighted by Crippen LogP contribution is -2.29. The number of hydrogen-bond acceptors (Lipinski definition) is 3. The van der Waals surface area contributed by atoms with E-state index in [1.807, 2.05) is 0 Å². The van der Waals surface area contributed by atoms with E-state index in [2.05, 4.69) is 0 Å². The Morgan fingerprint density at radius 2 is 2.25 bits per heavy atom. The summed E-state index contributed by atoms with van der Waals surface area (Å²) in [5.41, 5.74) is 0.922. The summed E-state index contributed by atoms with van der Waals surface area (Å²) in [6, 6.07) is 4.59. The number of rotatable bonds is 5. The summed E-state index contributed by atoms with van der Waals surface area (Å²) >= 11 is 0. The topological polar surface area (TPSA) is 49.8 Å². The molecule has 1 N–H and O–H groups in total. The van der Waals surface area contributed by atoms with E-state index in [1.165, 1.54) is 12.1 Å². The van der Waals surface area contributed by atoms with Crippen LogP contribution < -0.4 is 4.74 Å². The number of likely N-dealkylation sites (tertiary alicyclic amines) is 1. The van der Waals surface area contributed by atoms with Crippen molar-refractivity contribution in [3.8, 4) is 5.75 Å². The summed E-state index contributed by atoms with van der Waals surface area (Å²) < 4.78 is 31.5. The van der Waals surface area contributed by atoms with E-state index in [4.69, 9.17) is 9.84 Å². The predicted octanol–water partition coefficient (Wildman–Crippen LogP) is 2.41. The standard InChI is InChI=1S/C14H17F2NO3/c1-10-8-11(13(18)19)2-3-12(10)20-7-6-17-5-4-14(15,16)9-17/h2-3,8H,4-7,9H2,1H3,(H,18,19). The Morgan fingerprint density at radius 1 is 1.50 bits per heavy atom. The van der Waals surface area contributed by atoms with Crippen molar-refractivity contribution in [2.45, 2.75) is 19.3 Å². The molecule has 110 valence electrons. The number of ether oxygens (including phenoxy) is 1. The van der Waals surface area contributed by atoms with Crippen molar-refractivity contribution in [1.29, 1.82) is 0 Å². The molecule has 1 aliphatic heterocycles. The van der Waals surface area contributed by atoms with Gasteiger partial charge >= 0.3 is 5.97 Å². The number of alkyl halides is 2. The van der Waals surface area contributed by atoms with E-state index >= 15 is 0 Å². The molecule has 1 heterocycles. The molecule has 0 radical (unpaired) electrons.